The average Bonchev–Trinajstić information content (AvgIpc) is 3.09. The zero-order valence-electron chi connectivity index (χ0n) is 18.5. The van der Waals surface area contributed by atoms with Crippen molar-refractivity contribution >= 4 is 11.9 Å². The van der Waals surface area contributed by atoms with Crippen LogP contribution in [-0.4, -0.2) is 52.2 Å². The lowest BCUT2D eigenvalue weighted by molar-refractivity contribution is -0.139. The molecule has 5 atom stereocenters. The minimum Gasteiger partial charge on any atom is -0.491 e. The van der Waals surface area contributed by atoms with Crippen LogP contribution in [0.25, 0.3) is 0 Å². The quantitative estimate of drug-likeness (QED) is 0.360. The van der Waals surface area contributed by atoms with Crippen LogP contribution in [0.4, 0.5) is 13.2 Å². The summed E-state index contributed by atoms with van der Waals surface area (Å²) in [7, 11) is 0. The molecule has 3 N–H and O–H groups in total. The monoisotopic (exact) mass is 494 g/mol. The summed E-state index contributed by atoms with van der Waals surface area (Å²) >= 11 is 0. The van der Waals surface area contributed by atoms with Gasteiger partial charge in [0.2, 0.25) is 0 Å². The molecule has 1 fully saturated rings. The number of carboxylic acid groups (broad SMARTS) is 1. The average molecular weight is 494 g/mol. The van der Waals surface area contributed by atoms with Crippen molar-refractivity contribution in [2.24, 2.45) is 11.8 Å². The number of benzene rings is 2. The first-order valence-electron chi connectivity index (χ1n) is 10.9. The molecule has 0 saturated heterocycles. The van der Waals surface area contributed by atoms with Crippen LogP contribution in [0, 0.1) is 11.8 Å². The SMILES string of the molecule is O=C(O)C[C@@H]1[C@@H](/C=C/[C@@H](O)COc2cccc(C(F)(F)F)c2)[C@H](OC(=O)c2ccccc2)C[C@@H]1O. The first kappa shape index (κ1) is 26.2. The van der Waals surface area contributed by atoms with E-state index in [9.17, 15) is 38.1 Å². The van der Waals surface area contributed by atoms with Gasteiger partial charge < -0.3 is 24.8 Å². The van der Waals surface area contributed by atoms with E-state index in [4.69, 9.17) is 9.47 Å². The van der Waals surface area contributed by atoms with Crippen molar-refractivity contribution in [3.05, 3.63) is 77.9 Å². The van der Waals surface area contributed by atoms with Crippen LogP contribution in [0.1, 0.15) is 28.8 Å². The first-order valence-corrected chi connectivity index (χ1v) is 10.9. The Morgan fingerprint density at radius 2 is 1.83 bits per heavy atom. The van der Waals surface area contributed by atoms with Crippen molar-refractivity contribution in [1.29, 1.82) is 0 Å². The maximum absolute atomic E-state index is 12.8. The van der Waals surface area contributed by atoms with E-state index in [1.807, 2.05) is 0 Å². The van der Waals surface area contributed by atoms with Crippen LogP contribution >= 0.6 is 0 Å². The fraction of sp³-hybridized carbons (Fsp3) is 0.360. The van der Waals surface area contributed by atoms with Gasteiger partial charge in [0.1, 0.15) is 24.6 Å². The number of hydrogen-bond donors (Lipinski definition) is 3. The molecule has 0 bridgehead atoms. The van der Waals surface area contributed by atoms with Gasteiger partial charge in [-0.1, -0.05) is 36.4 Å². The second-order valence-corrected chi connectivity index (χ2v) is 8.24. The van der Waals surface area contributed by atoms with Crippen molar-refractivity contribution in [3.8, 4) is 5.75 Å². The van der Waals surface area contributed by atoms with Gasteiger partial charge in [-0.3, -0.25) is 4.79 Å². The molecule has 188 valence electrons. The van der Waals surface area contributed by atoms with Gasteiger partial charge in [-0.15, -0.1) is 0 Å². The molecule has 0 amide bonds. The van der Waals surface area contributed by atoms with E-state index >= 15 is 0 Å². The van der Waals surface area contributed by atoms with E-state index < -0.39 is 53.8 Å². The zero-order chi connectivity index (χ0) is 25.6. The molecule has 10 heteroatoms. The summed E-state index contributed by atoms with van der Waals surface area (Å²) in [4.78, 5) is 23.8. The lowest BCUT2D eigenvalue weighted by Crippen LogP contribution is -2.27. The Kier molecular flexibility index (Phi) is 8.52. The Morgan fingerprint density at radius 1 is 1.11 bits per heavy atom. The normalized spacial score (nSPS) is 23.2. The summed E-state index contributed by atoms with van der Waals surface area (Å²) in [5.41, 5.74) is -0.597. The Bertz CT molecular complexity index is 1040. The van der Waals surface area contributed by atoms with E-state index in [-0.39, 0.29) is 25.2 Å². The fourth-order valence-corrected chi connectivity index (χ4v) is 4.00. The van der Waals surface area contributed by atoms with E-state index in [0.717, 1.165) is 12.1 Å². The second-order valence-electron chi connectivity index (χ2n) is 8.24. The van der Waals surface area contributed by atoms with Gasteiger partial charge in [0, 0.05) is 18.3 Å². The highest BCUT2D eigenvalue weighted by Gasteiger charge is 2.44. The number of carbonyl (C=O) groups is 2. The third-order valence-corrected chi connectivity index (χ3v) is 5.71. The third kappa shape index (κ3) is 7.30. The highest BCUT2D eigenvalue weighted by atomic mass is 19.4. The predicted octanol–water partition coefficient (Wildman–Crippen LogP) is 3.70. The smallest absolute Gasteiger partial charge is 0.416 e. The number of aliphatic hydroxyl groups is 2. The number of aliphatic carboxylic acids is 1. The number of rotatable bonds is 9. The van der Waals surface area contributed by atoms with Gasteiger partial charge in [0.25, 0.3) is 0 Å². The molecule has 0 heterocycles. The van der Waals surface area contributed by atoms with Crippen LogP contribution in [-0.2, 0) is 15.7 Å². The van der Waals surface area contributed by atoms with E-state index in [1.165, 1.54) is 24.3 Å². The molecule has 0 aliphatic heterocycles. The van der Waals surface area contributed by atoms with E-state index in [1.54, 1.807) is 30.3 Å². The lowest BCUT2D eigenvalue weighted by atomic mass is 9.90. The van der Waals surface area contributed by atoms with Crippen LogP contribution in [0.2, 0.25) is 0 Å². The van der Waals surface area contributed by atoms with E-state index in [0.29, 0.717) is 5.56 Å². The molecule has 1 aliphatic rings. The van der Waals surface area contributed by atoms with Gasteiger partial charge in [0.15, 0.2) is 0 Å². The molecule has 0 spiro atoms. The molecular formula is C25H25F3O7. The summed E-state index contributed by atoms with van der Waals surface area (Å²) < 4.78 is 49.3. The first-order chi connectivity index (χ1) is 16.5. The summed E-state index contributed by atoms with van der Waals surface area (Å²) in [5, 5.41) is 29.9. The molecule has 7 nitrogen and oxygen atoms in total. The second kappa shape index (κ2) is 11.4. The van der Waals surface area contributed by atoms with Crippen molar-refractivity contribution in [2.45, 2.75) is 37.3 Å². The molecule has 1 aliphatic carbocycles. The van der Waals surface area contributed by atoms with Crippen molar-refractivity contribution in [1.82, 2.24) is 0 Å². The Hall–Kier alpha value is -3.37. The van der Waals surface area contributed by atoms with Crippen molar-refractivity contribution < 1.29 is 47.6 Å². The summed E-state index contributed by atoms with van der Waals surface area (Å²) in [6.07, 6.45) is -5.30. The number of carbonyl (C=O) groups excluding carboxylic acids is 1. The minimum atomic E-state index is -4.54. The van der Waals surface area contributed by atoms with Crippen molar-refractivity contribution in [3.63, 3.8) is 0 Å². The largest absolute Gasteiger partial charge is 0.491 e. The van der Waals surface area contributed by atoms with Gasteiger partial charge in [0.05, 0.1) is 23.7 Å². The van der Waals surface area contributed by atoms with Gasteiger partial charge in [-0.05, 0) is 30.3 Å². The molecule has 3 rings (SSSR count). The third-order valence-electron chi connectivity index (χ3n) is 5.71. The Labute approximate surface area is 199 Å². The molecule has 2 aromatic carbocycles. The summed E-state index contributed by atoms with van der Waals surface area (Å²) in [6.45, 7) is -0.370. The number of carboxylic acids is 1. The van der Waals surface area contributed by atoms with Gasteiger partial charge >= 0.3 is 18.1 Å². The number of aliphatic hydroxyl groups excluding tert-OH is 2. The van der Waals surface area contributed by atoms with Crippen LogP contribution in [0.3, 0.4) is 0 Å². The number of halogens is 3. The Morgan fingerprint density at radius 3 is 2.49 bits per heavy atom. The predicted molar refractivity (Wildman–Crippen MR) is 118 cm³/mol. The van der Waals surface area contributed by atoms with E-state index in [2.05, 4.69) is 0 Å². The highest BCUT2D eigenvalue weighted by Crippen LogP contribution is 2.38. The lowest BCUT2D eigenvalue weighted by Gasteiger charge is -2.22. The molecule has 0 aromatic heterocycles. The summed E-state index contributed by atoms with van der Waals surface area (Å²) in [5.74, 6) is -3.34. The molecule has 0 unspecified atom stereocenters. The van der Waals surface area contributed by atoms with Crippen LogP contribution in [0.15, 0.2) is 66.7 Å². The fourth-order valence-electron chi connectivity index (χ4n) is 4.00. The number of alkyl halides is 3. The topological polar surface area (TPSA) is 113 Å². The van der Waals surface area contributed by atoms with Gasteiger partial charge in [-0.25, -0.2) is 4.79 Å². The van der Waals surface area contributed by atoms with Gasteiger partial charge in [-0.2, -0.15) is 13.2 Å². The number of esters is 1. The molecular weight excluding hydrogens is 469 g/mol. The molecule has 2 aromatic rings. The molecule has 0 radical (unpaired) electrons. The molecule has 1 saturated carbocycles. The summed E-state index contributed by atoms with van der Waals surface area (Å²) in [6, 6.07) is 12.4. The maximum atomic E-state index is 12.8. The minimum absolute atomic E-state index is 0.0162. The van der Waals surface area contributed by atoms with Crippen LogP contribution < -0.4 is 4.74 Å². The highest BCUT2D eigenvalue weighted by molar-refractivity contribution is 5.89. The standard InChI is InChI=1S/C25H25F3O7/c26-25(27,28)16-7-4-8-18(11-16)34-14-17(29)9-10-19-20(12-23(31)32)21(30)13-22(19)35-24(33)15-5-2-1-3-6-15/h1-11,17,19-22,29-30H,12-14H2,(H,31,32)/b10-9+/t17-,19-,20-,21+,22-/m1/s1. The maximum Gasteiger partial charge on any atom is 0.416 e. The zero-order valence-corrected chi connectivity index (χ0v) is 18.5. The Balaban J connectivity index is 1.68. The van der Waals surface area contributed by atoms with Crippen LogP contribution in [0.5, 0.6) is 5.75 Å². The number of ether oxygens (including phenoxy) is 2. The van der Waals surface area contributed by atoms with Crippen molar-refractivity contribution in [2.75, 3.05) is 6.61 Å². The number of hydrogen-bond acceptors (Lipinski definition) is 6. The molecule has 35 heavy (non-hydrogen) atoms.